The van der Waals surface area contributed by atoms with Crippen LogP contribution in [0.2, 0.25) is 0 Å². The standard InChI is InChI=1S/C15H22N2O3/c1-9(13(18)19)12-10(2)16-14(20)17(11(12)3)15(4)7-5-6-8-15/h9H,5-8H2,1-4H3,(H,18,19). The molecule has 1 heterocycles. The number of aromatic nitrogens is 2. The van der Waals surface area contributed by atoms with Crippen LogP contribution in [0.4, 0.5) is 0 Å². The summed E-state index contributed by atoms with van der Waals surface area (Å²) in [5.41, 5.74) is 1.47. The molecule has 1 N–H and O–H groups in total. The van der Waals surface area contributed by atoms with Crippen molar-refractivity contribution in [1.29, 1.82) is 0 Å². The zero-order valence-corrected chi connectivity index (χ0v) is 12.6. The van der Waals surface area contributed by atoms with Crippen LogP contribution in [0.15, 0.2) is 4.79 Å². The highest BCUT2D eigenvalue weighted by Gasteiger charge is 2.34. The Balaban J connectivity index is 2.68. The summed E-state index contributed by atoms with van der Waals surface area (Å²) in [6.07, 6.45) is 4.08. The molecule has 5 nitrogen and oxygen atoms in total. The minimum absolute atomic E-state index is 0.227. The monoisotopic (exact) mass is 278 g/mol. The number of carboxylic acid groups (broad SMARTS) is 1. The van der Waals surface area contributed by atoms with E-state index in [0.29, 0.717) is 11.3 Å². The molecule has 1 fully saturated rings. The van der Waals surface area contributed by atoms with Gasteiger partial charge in [-0.1, -0.05) is 12.8 Å². The summed E-state index contributed by atoms with van der Waals surface area (Å²) in [5.74, 6) is -1.54. The molecule has 1 aromatic heterocycles. The molecule has 1 aromatic rings. The van der Waals surface area contributed by atoms with E-state index in [9.17, 15) is 14.7 Å². The fraction of sp³-hybridized carbons (Fsp3) is 0.667. The van der Waals surface area contributed by atoms with Gasteiger partial charge in [0.15, 0.2) is 0 Å². The second-order valence-electron chi connectivity index (χ2n) is 6.08. The molecular weight excluding hydrogens is 256 g/mol. The molecule has 5 heteroatoms. The van der Waals surface area contributed by atoms with Crippen LogP contribution < -0.4 is 5.69 Å². The highest BCUT2D eigenvalue weighted by Crippen LogP contribution is 2.37. The maximum atomic E-state index is 12.3. The van der Waals surface area contributed by atoms with Crippen LogP contribution in [0, 0.1) is 13.8 Å². The lowest BCUT2D eigenvalue weighted by atomic mass is 9.94. The van der Waals surface area contributed by atoms with E-state index in [1.54, 1.807) is 18.4 Å². The first kappa shape index (κ1) is 14.8. The van der Waals surface area contributed by atoms with Gasteiger partial charge in [0.25, 0.3) is 0 Å². The summed E-state index contributed by atoms with van der Waals surface area (Å²) in [6.45, 7) is 7.27. The van der Waals surface area contributed by atoms with Gasteiger partial charge in [0, 0.05) is 22.5 Å². The van der Waals surface area contributed by atoms with Gasteiger partial charge in [-0.05, 0) is 40.5 Å². The van der Waals surface area contributed by atoms with Crippen molar-refractivity contribution in [1.82, 2.24) is 9.55 Å². The fourth-order valence-corrected chi connectivity index (χ4v) is 3.53. The van der Waals surface area contributed by atoms with E-state index in [4.69, 9.17) is 0 Å². The van der Waals surface area contributed by atoms with E-state index in [1.807, 2.05) is 6.92 Å². The van der Waals surface area contributed by atoms with Gasteiger partial charge in [0.05, 0.1) is 5.92 Å². The number of nitrogens with zero attached hydrogens (tertiary/aromatic N) is 2. The van der Waals surface area contributed by atoms with Crippen LogP contribution in [0.25, 0.3) is 0 Å². The van der Waals surface area contributed by atoms with E-state index >= 15 is 0 Å². The van der Waals surface area contributed by atoms with E-state index in [1.165, 1.54) is 0 Å². The minimum atomic E-state index is -0.889. The minimum Gasteiger partial charge on any atom is -0.481 e. The molecule has 1 aliphatic rings. The molecule has 0 spiro atoms. The SMILES string of the molecule is Cc1nc(=O)n(C2(C)CCCC2)c(C)c1C(C)C(=O)O. The van der Waals surface area contributed by atoms with Gasteiger partial charge in [-0.2, -0.15) is 4.98 Å². The Morgan fingerprint density at radius 2 is 1.90 bits per heavy atom. The molecule has 110 valence electrons. The molecule has 0 saturated heterocycles. The molecule has 20 heavy (non-hydrogen) atoms. The van der Waals surface area contributed by atoms with Crippen LogP contribution in [-0.4, -0.2) is 20.6 Å². The molecule has 1 atom stereocenters. The van der Waals surface area contributed by atoms with Gasteiger partial charge in [-0.3, -0.25) is 9.36 Å². The lowest BCUT2D eigenvalue weighted by Crippen LogP contribution is -2.41. The van der Waals surface area contributed by atoms with E-state index < -0.39 is 11.9 Å². The molecule has 1 unspecified atom stereocenters. The number of aryl methyl sites for hydroxylation is 1. The first-order valence-electron chi connectivity index (χ1n) is 7.11. The largest absolute Gasteiger partial charge is 0.481 e. The van der Waals surface area contributed by atoms with Crippen molar-refractivity contribution in [2.45, 2.75) is 64.8 Å². The van der Waals surface area contributed by atoms with Crippen LogP contribution in [0.3, 0.4) is 0 Å². The summed E-state index contributed by atoms with van der Waals surface area (Å²) >= 11 is 0. The predicted molar refractivity (Wildman–Crippen MR) is 76.1 cm³/mol. The maximum absolute atomic E-state index is 12.3. The molecule has 0 aromatic carbocycles. The van der Waals surface area contributed by atoms with Crippen LogP contribution >= 0.6 is 0 Å². The Hall–Kier alpha value is -1.65. The van der Waals surface area contributed by atoms with Gasteiger partial charge in [-0.25, -0.2) is 4.79 Å². The first-order chi connectivity index (χ1) is 9.28. The number of carbonyl (C=O) groups is 1. The number of hydrogen-bond acceptors (Lipinski definition) is 3. The van der Waals surface area contributed by atoms with Crippen molar-refractivity contribution < 1.29 is 9.90 Å². The molecule has 0 radical (unpaired) electrons. The van der Waals surface area contributed by atoms with Crippen molar-refractivity contribution in [2.24, 2.45) is 0 Å². The van der Waals surface area contributed by atoms with E-state index in [-0.39, 0.29) is 11.2 Å². The second-order valence-corrected chi connectivity index (χ2v) is 6.08. The third-order valence-electron chi connectivity index (χ3n) is 4.59. The van der Waals surface area contributed by atoms with Crippen LogP contribution in [-0.2, 0) is 10.3 Å². The van der Waals surface area contributed by atoms with Crippen molar-refractivity contribution in [2.75, 3.05) is 0 Å². The lowest BCUT2D eigenvalue weighted by molar-refractivity contribution is -0.138. The van der Waals surface area contributed by atoms with E-state index in [2.05, 4.69) is 11.9 Å². The molecule has 0 amide bonds. The number of rotatable bonds is 3. The first-order valence-corrected chi connectivity index (χ1v) is 7.11. The third kappa shape index (κ3) is 2.25. The summed E-state index contributed by atoms with van der Waals surface area (Å²) in [7, 11) is 0. The van der Waals surface area contributed by atoms with Crippen molar-refractivity contribution in [3.8, 4) is 0 Å². The van der Waals surface area contributed by atoms with Gasteiger partial charge in [0.1, 0.15) is 0 Å². The zero-order valence-electron chi connectivity index (χ0n) is 12.6. The highest BCUT2D eigenvalue weighted by atomic mass is 16.4. The molecular formula is C15H22N2O3. The Morgan fingerprint density at radius 1 is 1.35 bits per heavy atom. The zero-order chi connectivity index (χ0) is 15.1. The molecule has 1 aliphatic carbocycles. The number of aliphatic carboxylic acids is 1. The summed E-state index contributed by atoms with van der Waals surface area (Å²) < 4.78 is 1.72. The maximum Gasteiger partial charge on any atom is 0.348 e. The van der Waals surface area contributed by atoms with E-state index in [0.717, 1.165) is 31.4 Å². The normalized spacial score (nSPS) is 19.0. The van der Waals surface area contributed by atoms with Crippen molar-refractivity contribution >= 4 is 5.97 Å². The Morgan fingerprint density at radius 3 is 2.40 bits per heavy atom. The topological polar surface area (TPSA) is 72.2 Å². The smallest absolute Gasteiger partial charge is 0.348 e. The second kappa shape index (κ2) is 5.04. The third-order valence-corrected chi connectivity index (χ3v) is 4.59. The van der Waals surface area contributed by atoms with Gasteiger partial charge in [0.2, 0.25) is 0 Å². The Labute approximate surface area is 118 Å². The number of carboxylic acids is 1. The fourth-order valence-electron chi connectivity index (χ4n) is 3.53. The average molecular weight is 278 g/mol. The lowest BCUT2D eigenvalue weighted by Gasteiger charge is -2.30. The molecule has 2 rings (SSSR count). The van der Waals surface area contributed by atoms with Crippen molar-refractivity contribution in [3.63, 3.8) is 0 Å². The number of hydrogen-bond donors (Lipinski definition) is 1. The van der Waals surface area contributed by atoms with Gasteiger partial charge >= 0.3 is 11.7 Å². The van der Waals surface area contributed by atoms with Crippen molar-refractivity contribution in [3.05, 3.63) is 27.4 Å². The predicted octanol–water partition coefficient (Wildman–Crippen LogP) is 2.34. The Kier molecular flexibility index (Phi) is 3.71. The van der Waals surface area contributed by atoms with Crippen LogP contribution in [0.1, 0.15) is 62.4 Å². The highest BCUT2D eigenvalue weighted by molar-refractivity contribution is 5.76. The summed E-state index contributed by atoms with van der Waals surface area (Å²) in [5, 5.41) is 9.26. The Bertz CT molecular complexity index is 598. The average Bonchev–Trinajstić information content (AvgIpc) is 2.75. The van der Waals surface area contributed by atoms with Gasteiger partial charge < -0.3 is 5.11 Å². The molecule has 1 saturated carbocycles. The summed E-state index contributed by atoms with van der Waals surface area (Å²) in [4.78, 5) is 27.7. The summed E-state index contributed by atoms with van der Waals surface area (Å²) in [6, 6.07) is 0. The molecule has 0 bridgehead atoms. The molecule has 0 aliphatic heterocycles. The van der Waals surface area contributed by atoms with Gasteiger partial charge in [-0.15, -0.1) is 0 Å². The van der Waals surface area contributed by atoms with Crippen LogP contribution in [0.5, 0.6) is 0 Å². The quantitative estimate of drug-likeness (QED) is 0.921.